The van der Waals surface area contributed by atoms with Crippen molar-refractivity contribution in [2.24, 2.45) is 17.8 Å². The zero-order valence-electron chi connectivity index (χ0n) is 32.1. The van der Waals surface area contributed by atoms with Crippen molar-refractivity contribution in [2.45, 2.75) is 82.0 Å². The number of piperidine rings is 1. The quantitative estimate of drug-likeness (QED) is 0.165. The van der Waals surface area contributed by atoms with Crippen molar-refractivity contribution in [3.8, 4) is 17.2 Å². The number of hydrogen-bond acceptors (Lipinski definition) is 5. The molecule has 4 saturated heterocycles. The van der Waals surface area contributed by atoms with Crippen LogP contribution in [0.5, 0.6) is 0 Å². The summed E-state index contributed by atoms with van der Waals surface area (Å²) in [6, 6.07) is 11.6. The third-order valence-corrected chi connectivity index (χ3v) is 14.3. The number of benzene rings is 3. The first-order valence-corrected chi connectivity index (χ1v) is 20.9. The van der Waals surface area contributed by atoms with Gasteiger partial charge in [0, 0.05) is 82.9 Å². The van der Waals surface area contributed by atoms with Crippen LogP contribution in [0.15, 0.2) is 48.5 Å². The molecule has 7 nitrogen and oxygen atoms in total. The van der Waals surface area contributed by atoms with Gasteiger partial charge in [0.05, 0.1) is 50.9 Å². The summed E-state index contributed by atoms with van der Waals surface area (Å²) in [4.78, 5) is 22.7. The number of aryl methyl sites for hydroxylation is 2. The fourth-order valence-corrected chi connectivity index (χ4v) is 11.0. The van der Waals surface area contributed by atoms with Gasteiger partial charge in [0.25, 0.3) is 0 Å². The first-order valence-electron chi connectivity index (χ1n) is 20.1. The lowest BCUT2D eigenvalue weighted by molar-refractivity contribution is -0.143. The number of pyridine rings is 1. The topological polar surface area (TPSA) is 77.2 Å². The number of carbonyl (C=O) groups is 1. The van der Waals surface area contributed by atoms with E-state index in [0.29, 0.717) is 41.5 Å². The maximum Gasteiger partial charge on any atom is 0.416 e. The van der Waals surface area contributed by atoms with Crippen LogP contribution in [0.1, 0.15) is 72.3 Å². The van der Waals surface area contributed by atoms with Gasteiger partial charge in [0.1, 0.15) is 5.52 Å². The number of alkyl halides is 6. The van der Waals surface area contributed by atoms with E-state index in [1.54, 1.807) is 30.0 Å². The van der Waals surface area contributed by atoms with E-state index in [4.69, 9.17) is 28.2 Å². The smallest absolute Gasteiger partial charge is 0.369 e. The van der Waals surface area contributed by atoms with Crippen molar-refractivity contribution in [1.29, 1.82) is 5.26 Å². The van der Waals surface area contributed by atoms with Gasteiger partial charge in [-0.2, -0.15) is 31.6 Å². The Morgan fingerprint density at radius 3 is 2.33 bits per heavy atom. The molecule has 2 aliphatic carbocycles. The minimum atomic E-state index is -5.01. The minimum Gasteiger partial charge on any atom is -0.369 e. The van der Waals surface area contributed by atoms with Crippen molar-refractivity contribution in [1.82, 2.24) is 19.8 Å². The molecular formula is C44H37Cl2F7N6O. The van der Waals surface area contributed by atoms with Crippen LogP contribution in [0.4, 0.5) is 36.4 Å². The van der Waals surface area contributed by atoms with E-state index in [-0.39, 0.29) is 94.6 Å². The number of amides is 1. The van der Waals surface area contributed by atoms with E-state index < -0.39 is 41.4 Å². The molecule has 4 bridgehead atoms. The molecule has 6 fully saturated rings. The highest BCUT2D eigenvalue weighted by Crippen LogP contribution is 2.54. The number of nitrogens with zero attached hydrogens (tertiary/aromatic N) is 5. The highest BCUT2D eigenvalue weighted by molar-refractivity contribution is 6.43. The third-order valence-electron chi connectivity index (χ3n) is 13.5. The molecule has 60 heavy (non-hydrogen) atoms. The van der Waals surface area contributed by atoms with E-state index in [2.05, 4.69) is 16.0 Å². The summed E-state index contributed by atoms with van der Waals surface area (Å²) >= 11 is 13.1. The molecule has 6 aliphatic rings. The predicted octanol–water partition coefficient (Wildman–Crippen LogP) is 10.8. The molecule has 6 atom stereocenters. The Hall–Kier alpha value is -4.58. The van der Waals surface area contributed by atoms with Crippen LogP contribution >= 0.6 is 23.2 Å². The van der Waals surface area contributed by atoms with E-state index in [1.165, 1.54) is 0 Å². The summed E-state index contributed by atoms with van der Waals surface area (Å²) in [5.41, 5.74) is 0.281. The van der Waals surface area contributed by atoms with Gasteiger partial charge in [-0.25, -0.2) is 9.37 Å². The van der Waals surface area contributed by atoms with Gasteiger partial charge in [0.2, 0.25) is 5.91 Å². The van der Waals surface area contributed by atoms with Crippen molar-refractivity contribution in [2.75, 3.05) is 24.5 Å². The van der Waals surface area contributed by atoms with Gasteiger partial charge >= 0.3 is 12.4 Å². The van der Waals surface area contributed by atoms with Crippen LogP contribution < -0.4 is 10.2 Å². The first kappa shape index (κ1) is 39.5. The van der Waals surface area contributed by atoms with Crippen LogP contribution in [-0.2, 0) is 23.6 Å². The fraction of sp³-hybridized carbons (Fsp3) is 0.432. The summed E-state index contributed by atoms with van der Waals surface area (Å²) in [6.45, 7) is 2.72. The van der Waals surface area contributed by atoms with E-state index in [0.717, 1.165) is 41.7 Å². The largest absolute Gasteiger partial charge is 0.416 e. The number of nitrogens with one attached hydrogen (secondary N) is 1. The van der Waals surface area contributed by atoms with Crippen molar-refractivity contribution < 1.29 is 35.5 Å². The Morgan fingerprint density at radius 1 is 0.967 bits per heavy atom. The Morgan fingerprint density at radius 2 is 1.70 bits per heavy atom. The summed E-state index contributed by atoms with van der Waals surface area (Å²) < 4.78 is 104. The van der Waals surface area contributed by atoms with Gasteiger partial charge < -0.3 is 19.7 Å². The van der Waals surface area contributed by atoms with Gasteiger partial charge in [-0.3, -0.25) is 4.79 Å². The fourth-order valence-electron chi connectivity index (χ4n) is 10.6. The van der Waals surface area contributed by atoms with Crippen molar-refractivity contribution in [3.63, 3.8) is 0 Å². The molecule has 2 saturated carbocycles. The monoisotopic (exact) mass is 868 g/mol. The molecule has 2 aromatic heterocycles. The zero-order chi connectivity index (χ0) is 42.2. The zero-order valence-corrected chi connectivity index (χ0v) is 33.6. The van der Waals surface area contributed by atoms with E-state index in [1.807, 2.05) is 17.0 Å². The second kappa shape index (κ2) is 14.0. The maximum absolute atomic E-state index is 17.3. The SMILES string of the molecule is Cc1nc2c(F)c(-c3cccc(Cl)c3Cl)c(CCC#N)cc2c2c1cc(C1C3CC(CN(c4cc(C(F)(F)F)cc(C(F)(F)F)c4)C3)N1C(=O)C1CC1)n2C1C2CNC1C2. The normalized spacial score (nSPS) is 25.0. The number of rotatable bonds is 7. The molecule has 0 radical (unpaired) electrons. The average Bonchev–Trinajstić information content (AvgIpc) is 3.48. The molecule has 1 amide bonds. The number of carbonyl (C=O) groups excluding carboxylic acids is 1. The van der Waals surface area contributed by atoms with Crippen LogP contribution in [0.25, 0.3) is 32.9 Å². The molecule has 312 valence electrons. The highest BCUT2D eigenvalue weighted by atomic mass is 35.5. The Bertz CT molecular complexity index is 2620. The van der Waals surface area contributed by atoms with Gasteiger partial charge in [-0.15, -0.1) is 0 Å². The van der Waals surface area contributed by atoms with Crippen LogP contribution in [0.2, 0.25) is 10.0 Å². The lowest BCUT2D eigenvalue weighted by Gasteiger charge is -2.40. The lowest BCUT2D eigenvalue weighted by atomic mass is 9.79. The summed E-state index contributed by atoms with van der Waals surface area (Å²) in [5, 5.41) is 14.9. The summed E-state index contributed by atoms with van der Waals surface area (Å²) in [7, 11) is 0. The molecule has 0 spiro atoms. The Kier molecular flexibility index (Phi) is 9.21. The number of fused-ring (bicyclic) bond motifs is 6. The number of halogens is 9. The molecule has 3 aromatic carbocycles. The lowest BCUT2D eigenvalue weighted by Crippen LogP contribution is -2.45. The first-order chi connectivity index (χ1) is 28.5. The Labute approximate surface area is 350 Å². The number of nitriles is 1. The molecule has 6 unspecified atom stereocenters. The maximum atomic E-state index is 17.3. The van der Waals surface area contributed by atoms with E-state index >= 15 is 4.39 Å². The van der Waals surface area contributed by atoms with Crippen molar-refractivity contribution >= 4 is 56.6 Å². The highest BCUT2D eigenvalue weighted by Gasteiger charge is 2.55. The van der Waals surface area contributed by atoms with E-state index in [9.17, 15) is 36.4 Å². The standard InChI is InChI=1S/C44H37Cl2F7N6O/c1-20-30-16-34(40-24-10-28(58(40)42(60)21-7-8-21)19-57(18-24)27-14-25(43(48,49)50)13-26(15-27)44(51,52)53)59(39-23-12-33(39)55-17-23)41(30)31-11-22(4-3-9-54)35(37(47)38(31)56-20)29-5-2-6-32(45)36(29)46/h2,5-6,11,13-16,21,23-24,28,33,39-40,55H,3-4,7-8,10,12,17-19H2,1H3. The second-order valence-electron chi connectivity index (χ2n) is 17.1. The molecule has 11 rings (SSSR count). The van der Waals surface area contributed by atoms with Gasteiger partial charge in [0.15, 0.2) is 5.82 Å². The molecule has 6 heterocycles. The second-order valence-corrected chi connectivity index (χ2v) is 17.8. The number of likely N-dealkylation sites (tertiary alicyclic amines) is 1. The average molecular weight is 870 g/mol. The molecule has 5 aromatic rings. The number of hydrogen-bond donors (Lipinski definition) is 1. The van der Waals surface area contributed by atoms with Gasteiger partial charge in [-0.1, -0.05) is 35.3 Å². The number of aromatic nitrogens is 2. The molecule has 4 aliphatic heterocycles. The van der Waals surface area contributed by atoms with Crippen LogP contribution in [0, 0.1) is 41.8 Å². The van der Waals surface area contributed by atoms with Gasteiger partial charge in [-0.05, 0) is 86.9 Å². The third kappa shape index (κ3) is 6.24. The number of anilines is 1. The van der Waals surface area contributed by atoms with Crippen LogP contribution in [0.3, 0.4) is 0 Å². The molecule has 16 heteroatoms. The molecule has 1 N–H and O–H groups in total. The van der Waals surface area contributed by atoms with Crippen molar-refractivity contribution in [3.05, 3.63) is 92.5 Å². The van der Waals surface area contributed by atoms with Crippen LogP contribution in [-0.4, -0.2) is 52.1 Å². The predicted molar refractivity (Wildman–Crippen MR) is 213 cm³/mol. The molecular weight excluding hydrogens is 832 g/mol. The summed E-state index contributed by atoms with van der Waals surface area (Å²) in [6.07, 6.45) is -6.90. The minimum absolute atomic E-state index is 0.0619. The summed E-state index contributed by atoms with van der Waals surface area (Å²) in [5.74, 6) is -1.05. The Balaban J connectivity index is 1.18.